The molecule has 0 amide bonds. The lowest BCUT2D eigenvalue weighted by Gasteiger charge is -2.37. The standard InChI is InChI=1S/C30H26N2O3/c1-4-32(3)21-14-15-24-28(17-21)34-27-16-19(2)26(31-20-10-6-5-7-11-20)18-25(27)30(24)23-13-9-8-12-22(23)29(33)35-30/h5-18,31H,4H2,1-3H3. The normalized spacial score (nSPS) is 17.2. The Morgan fingerprint density at radius 2 is 1.60 bits per heavy atom. The van der Waals surface area contributed by atoms with Crippen molar-refractivity contribution in [2.75, 3.05) is 23.8 Å². The number of anilines is 3. The monoisotopic (exact) mass is 462 g/mol. The number of para-hydroxylation sites is 1. The summed E-state index contributed by atoms with van der Waals surface area (Å²) in [6.45, 7) is 5.02. The number of ether oxygens (including phenoxy) is 2. The molecule has 2 aliphatic rings. The van der Waals surface area contributed by atoms with Crippen LogP contribution >= 0.6 is 0 Å². The van der Waals surface area contributed by atoms with E-state index in [1.165, 1.54) is 0 Å². The third-order valence-electron chi connectivity index (χ3n) is 7.01. The molecule has 4 aromatic carbocycles. The topological polar surface area (TPSA) is 50.8 Å². The molecule has 2 aliphatic heterocycles. The Bertz CT molecular complexity index is 1460. The van der Waals surface area contributed by atoms with E-state index in [0.717, 1.165) is 45.9 Å². The third-order valence-corrected chi connectivity index (χ3v) is 7.01. The first-order valence-corrected chi connectivity index (χ1v) is 11.8. The van der Waals surface area contributed by atoms with Crippen LogP contribution in [-0.4, -0.2) is 19.6 Å². The summed E-state index contributed by atoms with van der Waals surface area (Å²) in [7, 11) is 2.05. The molecule has 5 heteroatoms. The molecule has 0 fully saturated rings. The number of aryl methyl sites for hydroxylation is 1. The van der Waals surface area contributed by atoms with Crippen LogP contribution in [0.2, 0.25) is 0 Å². The third kappa shape index (κ3) is 3.19. The molecule has 5 nitrogen and oxygen atoms in total. The van der Waals surface area contributed by atoms with Gasteiger partial charge in [0.15, 0.2) is 5.60 Å². The van der Waals surface area contributed by atoms with E-state index in [4.69, 9.17) is 9.47 Å². The quantitative estimate of drug-likeness (QED) is 0.340. The molecule has 1 N–H and O–H groups in total. The summed E-state index contributed by atoms with van der Waals surface area (Å²) in [6.07, 6.45) is 0. The predicted molar refractivity (Wildman–Crippen MR) is 138 cm³/mol. The highest BCUT2D eigenvalue weighted by atomic mass is 16.6. The Morgan fingerprint density at radius 3 is 2.40 bits per heavy atom. The van der Waals surface area contributed by atoms with Gasteiger partial charge in [-0.05, 0) is 61.9 Å². The van der Waals surface area contributed by atoms with E-state index in [1.807, 2.05) is 86.8 Å². The van der Waals surface area contributed by atoms with E-state index in [9.17, 15) is 4.79 Å². The van der Waals surface area contributed by atoms with Gasteiger partial charge in [-0.15, -0.1) is 0 Å². The number of carbonyl (C=O) groups excluding carboxylic acids is 1. The second-order valence-corrected chi connectivity index (χ2v) is 9.07. The van der Waals surface area contributed by atoms with Gasteiger partial charge in [-0.25, -0.2) is 4.79 Å². The maximum Gasteiger partial charge on any atom is 0.340 e. The maximum atomic E-state index is 13.1. The molecule has 0 radical (unpaired) electrons. The Labute approximate surface area is 204 Å². The SMILES string of the molecule is CCN(C)c1ccc2c(c1)Oc1cc(C)c(Nc3ccccc3)cc1C21OC(=O)c2ccccc21. The molecule has 1 spiro atoms. The molecule has 1 atom stereocenters. The van der Waals surface area contributed by atoms with Crippen molar-refractivity contribution in [3.05, 3.63) is 113 Å². The molecule has 0 saturated carbocycles. The minimum atomic E-state index is -1.08. The van der Waals surface area contributed by atoms with Crippen molar-refractivity contribution in [3.8, 4) is 11.5 Å². The van der Waals surface area contributed by atoms with E-state index in [2.05, 4.69) is 29.3 Å². The first-order chi connectivity index (χ1) is 17.0. The van der Waals surface area contributed by atoms with Crippen molar-refractivity contribution in [2.45, 2.75) is 19.4 Å². The number of nitrogens with zero attached hydrogens (tertiary/aromatic N) is 1. The lowest BCUT2D eigenvalue weighted by molar-refractivity contribution is 0.0224. The van der Waals surface area contributed by atoms with Crippen molar-refractivity contribution in [3.63, 3.8) is 0 Å². The van der Waals surface area contributed by atoms with Crippen molar-refractivity contribution in [2.24, 2.45) is 0 Å². The van der Waals surface area contributed by atoms with Crippen LogP contribution in [0, 0.1) is 6.92 Å². The number of carbonyl (C=O) groups is 1. The number of hydrogen-bond donors (Lipinski definition) is 1. The minimum absolute atomic E-state index is 0.327. The molecule has 0 aromatic heterocycles. The highest BCUT2D eigenvalue weighted by Crippen LogP contribution is 2.57. The Hall–Kier alpha value is -4.25. The first-order valence-electron chi connectivity index (χ1n) is 11.8. The number of rotatable bonds is 4. The van der Waals surface area contributed by atoms with Crippen LogP contribution in [0.15, 0.2) is 84.9 Å². The van der Waals surface area contributed by atoms with Crippen LogP contribution in [0.25, 0.3) is 0 Å². The van der Waals surface area contributed by atoms with Gasteiger partial charge >= 0.3 is 5.97 Å². The van der Waals surface area contributed by atoms with Gasteiger partial charge < -0.3 is 19.7 Å². The molecule has 2 heterocycles. The van der Waals surface area contributed by atoms with Gasteiger partial charge in [-0.3, -0.25) is 0 Å². The summed E-state index contributed by atoms with van der Waals surface area (Å²) in [4.78, 5) is 15.3. The van der Waals surface area contributed by atoms with Crippen molar-refractivity contribution < 1.29 is 14.3 Å². The van der Waals surface area contributed by atoms with Crippen molar-refractivity contribution in [1.29, 1.82) is 0 Å². The molecular formula is C30H26N2O3. The average molecular weight is 463 g/mol. The zero-order valence-corrected chi connectivity index (χ0v) is 20.0. The molecule has 35 heavy (non-hydrogen) atoms. The fourth-order valence-corrected chi connectivity index (χ4v) is 5.04. The average Bonchev–Trinajstić information content (AvgIpc) is 3.18. The van der Waals surface area contributed by atoms with Crippen LogP contribution in [0.5, 0.6) is 11.5 Å². The molecule has 0 bridgehead atoms. The summed E-state index contributed by atoms with van der Waals surface area (Å²) in [5.41, 5.74) is 5.96. The second-order valence-electron chi connectivity index (χ2n) is 9.07. The minimum Gasteiger partial charge on any atom is -0.456 e. The van der Waals surface area contributed by atoms with Gasteiger partial charge in [-0.1, -0.05) is 36.4 Å². The molecule has 0 saturated heterocycles. The van der Waals surface area contributed by atoms with Gasteiger partial charge in [0.1, 0.15) is 11.5 Å². The molecular weight excluding hydrogens is 436 g/mol. The first kappa shape index (κ1) is 21.3. The van der Waals surface area contributed by atoms with E-state index in [1.54, 1.807) is 0 Å². The lowest BCUT2D eigenvalue weighted by atomic mass is 9.77. The van der Waals surface area contributed by atoms with Crippen LogP contribution in [-0.2, 0) is 10.3 Å². The van der Waals surface area contributed by atoms with E-state index >= 15 is 0 Å². The Balaban J connectivity index is 1.59. The van der Waals surface area contributed by atoms with E-state index in [0.29, 0.717) is 17.1 Å². The van der Waals surface area contributed by atoms with Gasteiger partial charge in [0.2, 0.25) is 0 Å². The summed E-state index contributed by atoms with van der Waals surface area (Å²) in [5, 5.41) is 3.52. The number of nitrogens with one attached hydrogen (secondary N) is 1. The number of benzene rings is 4. The Kier molecular flexibility index (Phi) is 4.81. The summed E-state index contributed by atoms with van der Waals surface area (Å²) in [6, 6.07) is 27.9. The van der Waals surface area contributed by atoms with Gasteiger partial charge in [0.05, 0.1) is 5.56 Å². The fourth-order valence-electron chi connectivity index (χ4n) is 5.04. The molecule has 4 aromatic rings. The molecule has 174 valence electrons. The highest BCUT2D eigenvalue weighted by Gasteiger charge is 2.53. The summed E-state index contributed by atoms with van der Waals surface area (Å²) >= 11 is 0. The van der Waals surface area contributed by atoms with Gasteiger partial charge in [0.25, 0.3) is 0 Å². The zero-order chi connectivity index (χ0) is 24.2. The molecule has 0 aliphatic carbocycles. The van der Waals surface area contributed by atoms with E-state index in [-0.39, 0.29) is 5.97 Å². The molecule has 6 rings (SSSR count). The summed E-state index contributed by atoms with van der Waals surface area (Å²) < 4.78 is 12.8. The van der Waals surface area contributed by atoms with Crippen LogP contribution < -0.4 is 15.0 Å². The van der Waals surface area contributed by atoms with Crippen LogP contribution in [0.3, 0.4) is 0 Å². The number of fused-ring (bicyclic) bond motifs is 6. The lowest BCUT2D eigenvalue weighted by Crippen LogP contribution is -2.33. The van der Waals surface area contributed by atoms with Crippen LogP contribution in [0.1, 0.15) is 39.5 Å². The second kappa shape index (κ2) is 7.91. The zero-order valence-electron chi connectivity index (χ0n) is 20.0. The van der Waals surface area contributed by atoms with Gasteiger partial charge in [0, 0.05) is 53.4 Å². The van der Waals surface area contributed by atoms with Crippen molar-refractivity contribution >= 4 is 23.0 Å². The van der Waals surface area contributed by atoms with E-state index < -0.39 is 5.60 Å². The van der Waals surface area contributed by atoms with Crippen LogP contribution in [0.4, 0.5) is 17.1 Å². The van der Waals surface area contributed by atoms with Crippen molar-refractivity contribution in [1.82, 2.24) is 0 Å². The smallest absolute Gasteiger partial charge is 0.340 e. The highest BCUT2D eigenvalue weighted by molar-refractivity contribution is 5.97. The molecule has 1 unspecified atom stereocenters. The predicted octanol–water partition coefficient (Wildman–Crippen LogP) is 6.76. The largest absolute Gasteiger partial charge is 0.456 e. The number of esters is 1. The fraction of sp³-hybridized carbons (Fsp3) is 0.167. The maximum absolute atomic E-state index is 13.1. The summed E-state index contributed by atoms with van der Waals surface area (Å²) in [5.74, 6) is 1.06. The number of hydrogen-bond acceptors (Lipinski definition) is 5. The van der Waals surface area contributed by atoms with Gasteiger partial charge in [-0.2, -0.15) is 0 Å². The Morgan fingerprint density at radius 1 is 0.857 bits per heavy atom.